The number of fused-ring (bicyclic) bond motifs is 1. The molecule has 0 radical (unpaired) electrons. The van der Waals surface area contributed by atoms with Gasteiger partial charge in [-0.25, -0.2) is 4.79 Å². The number of carbonyl (C=O) groups excluding carboxylic acids is 1. The largest absolute Gasteiger partial charge is 0.497 e. The fraction of sp³-hybridized carbons (Fsp3) is 0.182. The predicted molar refractivity (Wildman–Crippen MR) is 161 cm³/mol. The van der Waals surface area contributed by atoms with Crippen molar-refractivity contribution in [3.63, 3.8) is 0 Å². The van der Waals surface area contributed by atoms with Crippen LogP contribution >= 0.6 is 11.7 Å². The van der Waals surface area contributed by atoms with Gasteiger partial charge in [0.05, 0.1) is 38.6 Å². The quantitative estimate of drug-likeness (QED) is 0.203. The van der Waals surface area contributed by atoms with Crippen molar-refractivity contribution in [2.75, 3.05) is 21.3 Å². The SMILES string of the molecule is COc1ccc(C2(O)OC(=O)C(c3ccc4nsnc4c3)=C2Cc2cc(OC)c(OC)c(OCc3ccccc3)c2)cc1. The van der Waals surface area contributed by atoms with Gasteiger partial charge in [0.1, 0.15) is 23.4 Å². The topological polar surface area (TPSA) is 109 Å². The van der Waals surface area contributed by atoms with Crippen LogP contribution in [-0.4, -0.2) is 41.2 Å². The van der Waals surface area contributed by atoms with E-state index in [4.69, 9.17) is 23.7 Å². The molecule has 4 aromatic carbocycles. The monoisotopic (exact) mass is 596 g/mol. The Hall–Kier alpha value is -4.93. The summed E-state index contributed by atoms with van der Waals surface area (Å²) in [5, 5.41) is 12.1. The summed E-state index contributed by atoms with van der Waals surface area (Å²) >= 11 is 1.09. The van der Waals surface area contributed by atoms with Crippen LogP contribution < -0.4 is 18.9 Å². The number of benzene rings is 4. The molecule has 1 unspecified atom stereocenters. The molecule has 9 nitrogen and oxygen atoms in total. The standard InChI is InChI=1S/C33H28N2O7S/c1-38-24-12-10-23(11-13-24)33(37)25(30(32(36)42-33)22-9-14-26-27(18-22)35-43-34-26)15-21-16-28(39-2)31(40-3)29(17-21)41-19-20-7-5-4-6-8-20/h4-14,16-18,37H,15,19H2,1-3H3. The zero-order valence-corrected chi connectivity index (χ0v) is 24.5. The van der Waals surface area contributed by atoms with Gasteiger partial charge in [-0.2, -0.15) is 8.75 Å². The second-order valence-electron chi connectivity index (χ2n) is 9.86. The van der Waals surface area contributed by atoms with Gasteiger partial charge < -0.3 is 28.8 Å². The van der Waals surface area contributed by atoms with Crippen molar-refractivity contribution in [3.05, 3.63) is 113 Å². The molecule has 1 N–H and O–H groups in total. The minimum atomic E-state index is -2.05. The van der Waals surface area contributed by atoms with Gasteiger partial charge in [0, 0.05) is 17.6 Å². The first-order valence-electron chi connectivity index (χ1n) is 13.4. The van der Waals surface area contributed by atoms with E-state index >= 15 is 0 Å². The third-order valence-electron chi connectivity index (χ3n) is 7.30. The van der Waals surface area contributed by atoms with E-state index in [1.165, 1.54) is 0 Å². The van der Waals surface area contributed by atoms with E-state index < -0.39 is 11.8 Å². The van der Waals surface area contributed by atoms with E-state index in [-0.39, 0.29) is 12.0 Å². The smallest absolute Gasteiger partial charge is 0.342 e. The van der Waals surface area contributed by atoms with E-state index in [0.717, 1.165) is 17.3 Å². The van der Waals surface area contributed by atoms with Crippen molar-refractivity contribution in [2.45, 2.75) is 18.8 Å². The van der Waals surface area contributed by atoms with Crippen LogP contribution in [0.25, 0.3) is 16.6 Å². The lowest BCUT2D eigenvalue weighted by Gasteiger charge is -2.26. The lowest BCUT2D eigenvalue weighted by atomic mass is 9.88. The average Bonchev–Trinajstić information content (AvgIpc) is 3.61. The molecule has 0 amide bonds. The maximum atomic E-state index is 13.5. The zero-order valence-electron chi connectivity index (χ0n) is 23.7. The highest BCUT2D eigenvalue weighted by Crippen LogP contribution is 2.47. The molecule has 0 fully saturated rings. The lowest BCUT2D eigenvalue weighted by molar-refractivity contribution is -0.185. The molecule has 43 heavy (non-hydrogen) atoms. The molecule has 6 rings (SSSR count). The van der Waals surface area contributed by atoms with Crippen LogP contribution in [0.15, 0.2) is 90.5 Å². The summed E-state index contributed by atoms with van der Waals surface area (Å²) in [6.07, 6.45) is 0.124. The van der Waals surface area contributed by atoms with E-state index in [0.29, 0.717) is 62.9 Å². The van der Waals surface area contributed by atoms with Crippen LogP contribution in [0.2, 0.25) is 0 Å². The molecule has 1 aromatic heterocycles. The molecule has 5 aromatic rings. The Labute approximate surface area is 252 Å². The number of methoxy groups -OCH3 is 3. The maximum absolute atomic E-state index is 13.5. The summed E-state index contributed by atoms with van der Waals surface area (Å²) in [5.74, 6) is -0.774. The first-order chi connectivity index (χ1) is 20.9. The minimum absolute atomic E-state index is 0.124. The second-order valence-corrected chi connectivity index (χ2v) is 10.4. The van der Waals surface area contributed by atoms with Crippen LogP contribution in [0.1, 0.15) is 22.3 Å². The van der Waals surface area contributed by atoms with Gasteiger partial charge in [0.15, 0.2) is 11.5 Å². The third kappa shape index (κ3) is 5.38. The molecule has 1 aliphatic rings. The zero-order chi connectivity index (χ0) is 30.0. The number of aliphatic hydroxyl groups is 1. The highest BCUT2D eigenvalue weighted by molar-refractivity contribution is 7.00. The average molecular weight is 597 g/mol. The highest BCUT2D eigenvalue weighted by atomic mass is 32.1. The van der Waals surface area contributed by atoms with E-state index in [1.807, 2.05) is 36.4 Å². The van der Waals surface area contributed by atoms with Gasteiger partial charge in [-0.15, -0.1) is 0 Å². The molecule has 10 heteroatoms. The van der Waals surface area contributed by atoms with Crippen molar-refractivity contribution >= 4 is 34.3 Å². The van der Waals surface area contributed by atoms with Crippen LogP contribution in [0.5, 0.6) is 23.0 Å². The van der Waals surface area contributed by atoms with Gasteiger partial charge in [-0.3, -0.25) is 0 Å². The fourth-order valence-electron chi connectivity index (χ4n) is 5.16. The molecular weight excluding hydrogens is 568 g/mol. The summed E-state index contributed by atoms with van der Waals surface area (Å²) in [6, 6.07) is 25.5. The molecule has 2 heterocycles. The minimum Gasteiger partial charge on any atom is -0.497 e. The predicted octanol–water partition coefficient (Wildman–Crippen LogP) is 5.69. The number of esters is 1. The van der Waals surface area contributed by atoms with Crippen molar-refractivity contribution in [2.24, 2.45) is 0 Å². The van der Waals surface area contributed by atoms with Crippen LogP contribution in [-0.2, 0) is 28.3 Å². The fourth-order valence-corrected chi connectivity index (χ4v) is 5.68. The second kappa shape index (κ2) is 11.7. The van der Waals surface area contributed by atoms with Crippen LogP contribution in [0.3, 0.4) is 0 Å². The Kier molecular flexibility index (Phi) is 7.71. The van der Waals surface area contributed by atoms with Gasteiger partial charge in [-0.05, 0) is 65.2 Å². The first kappa shape index (κ1) is 28.2. The maximum Gasteiger partial charge on any atom is 0.342 e. The summed E-state index contributed by atoms with van der Waals surface area (Å²) in [4.78, 5) is 13.5. The van der Waals surface area contributed by atoms with E-state index in [9.17, 15) is 9.90 Å². The van der Waals surface area contributed by atoms with Gasteiger partial charge in [0.25, 0.3) is 5.79 Å². The Bertz CT molecular complexity index is 1820. The summed E-state index contributed by atoms with van der Waals surface area (Å²) in [7, 11) is 4.64. The molecule has 218 valence electrons. The molecule has 0 saturated heterocycles. The number of hydrogen-bond donors (Lipinski definition) is 1. The summed E-state index contributed by atoms with van der Waals surface area (Å²) < 4.78 is 37.1. The highest BCUT2D eigenvalue weighted by Gasteiger charge is 2.48. The van der Waals surface area contributed by atoms with Crippen LogP contribution in [0.4, 0.5) is 0 Å². The lowest BCUT2D eigenvalue weighted by Crippen LogP contribution is -2.29. The first-order valence-corrected chi connectivity index (χ1v) is 14.1. The van der Waals surface area contributed by atoms with Gasteiger partial charge in [-0.1, -0.05) is 36.4 Å². The number of cyclic esters (lactones) is 1. The van der Waals surface area contributed by atoms with Crippen molar-refractivity contribution in [1.29, 1.82) is 0 Å². The van der Waals surface area contributed by atoms with Crippen LogP contribution in [0, 0.1) is 0 Å². The number of ether oxygens (including phenoxy) is 5. The number of nitrogens with zero attached hydrogens (tertiary/aromatic N) is 2. The van der Waals surface area contributed by atoms with Crippen molar-refractivity contribution in [3.8, 4) is 23.0 Å². The summed E-state index contributed by atoms with van der Waals surface area (Å²) in [6.45, 7) is 0.302. The van der Waals surface area contributed by atoms with Crippen molar-refractivity contribution < 1.29 is 33.6 Å². The Morgan fingerprint density at radius 1 is 0.814 bits per heavy atom. The van der Waals surface area contributed by atoms with E-state index in [1.54, 1.807) is 69.9 Å². The van der Waals surface area contributed by atoms with Gasteiger partial charge in [0.2, 0.25) is 5.75 Å². The van der Waals surface area contributed by atoms with Crippen molar-refractivity contribution in [1.82, 2.24) is 8.75 Å². The number of aromatic nitrogens is 2. The van der Waals surface area contributed by atoms with Gasteiger partial charge >= 0.3 is 5.97 Å². The third-order valence-corrected chi connectivity index (χ3v) is 7.86. The molecule has 0 saturated carbocycles. The number of rotatable bonds is 10. The normalized spacial score (nSPS) is 16.3. The molecule has 0 spiro atoms. The Morgan fingerprint density at radius 3 is 2.28 bits per heavy atom. The summed E-state index contributed by atoms with van der Waals surface area (Å²) in [5.41, 5.74) is 4.58. The Balaban J connectivity index is 1.47. The Morgan fingerprint density at radius 2 is 1.56 bits per heavy atom. The number of hydrogen-bond acceptors (Lipinski definition) is 10. The molecule has 0 aliphatic carbocycles. The molecule has 0 bridgehead atoms. The van der Waals surface area contributed by atoms with E-state index in [2.05, 4.69) is 8.75 Å². The molecule has 1 aliphatic heterocycles. The molecular formula is C33H28N2O7S. The molecule has 1 atom stereocenters. The number of carbonyl (C=O) groups is 1.